The van der Waals surface area contributed by atoms with E-state index < -0.39 is 35.9 Å². The molecule has 126 valence electrons. The van der Waals surface area contributed by atoms with E-state index in [1.165, 1.54) is 17.0 Å². The van der Waals surface area contributed by atoms with Crippen molar-refractivity contribution in [2.75, 3.05) is 13.1 Å². The second-order valence-electron chi connectivity index (χ2n) is 6.52. The Morgan fingerprint density at radius 3 is 2.48 bits per heavy atom. The Morgan fingerprint density at radius 2 is 1.96 bits per heavy atom. The molecule has 0 radical (unpaired) electrons. The lowest BCUT2D eigenvalue weighted by molar-refractivity contribution is -0.173. The fraction of sp³-hybridized carbons (Fsp3) is 0.562. The summed E-state index contributed by atoms with van der Waals surface area (Å²) in [6.07, 6.45) is -3.36. The van der Waals surface area contributed by atoms with E-state index in [-0.39, 0.29) is 12.5 Å². The maximum absolute atomic E-state index is 13.8. The highest BCUT2D eigenvalue weighted by Crippen LogP contribution is 2.51. The van der Waals surface area contributed by atoms with Crippen LogP contribution in [0, 0.1) is 18.7 Å². The van der Waals surface area contributed by atoms with E-state index in [9.17, 15) is 22.4 Å². The van der Waals surface area contributed by atoms with Gasteiger partial charge in [-0.1, -0.05) is 12.1 Å². The van der Waals surface area contributed by atoms with Crippen molar-refractivity contribution in [3.63, 3.8) is 0 Å². The lowest BCUT2D eigenvalue weighted by Gasteiger charge is -2.25. The molecule has 1 saturated carbocycles. The van der Waals surface area contributed by atoms with E-state index in [0.29, 0.717) is 24.0 Å². The predicted molar refractivity (Wildman–Crippen MR) is 76.1 cm³/mol. The number of benzene rings is 1. The minimum absolute atomic E-state index is 0.112. The Labute approximate surface area is 131 Å². The van der Waals surface area contributed by atoms with Gasteiger partial charge in [0.05, 0.1) is 11.3 Å². The van der Waals surface area contributed by atoms with Crippen molar-refractivity contribution in [2.45, 2.75) is 37.4 Å². The number of likely N-dealkylation sites (tertiary alicyclic amines) is 1. The van der Waals surface area contributed by atoms with Crippen molar-refractivity contribution < 1.29 is 22.4 Å². The largest absolute Gasteiger partial charge is 0.395 e. The molecule has 1 aromatic rings. The summed E-state index contributed by atoms with van der Waals surface area (Å²) in [5, 5.41) is 0. The van der Waals surface area contributed by atoms with Gasteiger partial charge in [0, 0.05) is 19.1 Å². The normalized spacial score (nSPS) is 26.4. The molecule has 2 aliphatic rings. The van der Waals surface area contributed by atoms with E-state index in [1.54, 1.807) is 13.0 Å². The molecule has 23 heavy (non-hydrogen) atoms. The molecule has 0 aromatic heterocycles. The van der Waals surface area contributed by atoms with Crippen LogP contribution in [0.5, 0.6) is 0 Å². The highest BCUT2D eigenvalue weighted by molar-refractivity contribution is 5.92. The van der Waals surface area contributed by atoms with Gasteiger partial charge in [-0.25, -0.2) is 4.39 Å². The summed E-state index contributed by atoms with van der Waals surface area (Å²) >= 11 is 0. The number of nitrogens with two attached hydrogens (primary N) is 1. The molecule has 0 bridgehead atoms. The molecule has 3 rings (SSSR count). The van der Waals surface area contributed by atoms with Crippen LogP contribution in [0.25, 0.3) is 0 Å². The Hall–Kier alpha value is -1.63. The van der Waals surface area contributed by atoms with Gasteiger partial charge in [0.1, 0.15) is 5.82 Å². The fourth-order valence-corrected chi connectivity index (χ4v) is 3.49. The summed E-state index contributed by atoms with van der Waals surface area (Å²) in [4.78, 5) is 14.0. The van der Waals surface area contributed by atoms with Gasteiger partial charge in [-0.15, -0.1) is 0 Å². The molecule has 0 spiro atoms. The number of hydrogen-bond acceptors (Lipinski definition) is 2. The Balaban J connectivity index is 1.85. The van der Waals surface area contributed by atoms with Gasteiger partial charge < -0.3 is 10.6 Å². The number of rotatable bonds is 2. The first-order valence-corrected chi connectivity index (χ1v) is 7.54. The second kappa shape index (κ2) is 5.19. The Bertz CT molecular complexity index is 639. The second-order valence-corrected chi connectivity index (χ2v) is 6.52. The average Bonchev–Trinajstić information content (AvgIpc) is 3.16. The third-order valence-electron chi connectivity index (χ3n) is 5.02. The van der Waals surface area contributed by atoms with E-state index in [0.717, 1.165) is 0 Å². The zero-order valence-electron chi connectivity index (χ0n) is 12.7. The number of nitrogens with zero attached hydrogens (tertiary/aromatic N) is 1. The average molecular weight is 330 g/mol. The molecule has 3 nitrogen and oxygen atoms in total. The number of amides is 1. The predicted octanol–water partition coefficient (Wildman–Crippen LogP) is 2.51. The van der Waals surface area contributed by atoms with Crippen LogP contribution in [0.15, 0.2) is 18.2 Å². The van der Waals surface area contributed by atoms with Gasteiger partial charge in [-0.3, -0.25) is 4.79 Å². The van der Waals surface area contributed by atoms with Gasteiger partial charge in [-0.05, 0) is 37.0 Å². The molecule has 2 N–H and O–H groups in total. The summed E-state index contributed by atoms with van der Waals surface area (Å²) in [6.45, 7) is 1.06. The van der Waals surface area contributed by atoms with Crippen molar-refractivity contribution in [1.82, 2.24) is 4.90 Å². The highest BCUT2D eigenvalue weighted by Gasteiger charge is 2.57. The third-order valence-corrected chi connectivity index (χ3v) is 5.02. The zero-order valence-corrected chi connectivity index (χ0v) is 12.7. The molecule has 2 fully saturated rings. The van der Waals surface area contributed by atoms with Crippen LogP contribution in [0.1, 0.15) is 24.0 Å². The number of halogens is 4. The van der Waals surface area contributed by atoms with Gasteiger partial charge in [0.15, 0.2) is 0 Å². The van der Waals surface area contributed by atoms with Crippen molar-refractivity contribution in [1.29, 1.82) is 0 Å². The number of carbonyl (C=O) groups is 1. The van der Waals surface area contributed by atoms with Gasteiger partial charge in [-0.2, -0.15) is 13.2 Å². The van der Waals surface area contributed by atoms with Gasteiger partial charge in [0.2, 0.25) is 5.91 Å². The third kappa shape index (κ3) is 2.60. The smallest absolute Gasteiger partial charge is 0.340 e. The van der Waals surface area contributed by atoms with Crippen molar-refractivity contribution in [3.05, 3.63) is 35.1 Å². The molecule has 7 heteroatoms. The maximum Gasteiger partial charge on any atom is 0.395 e. The molecule has 1 aliphatic carbocycles. The zero-order chi connectivity index (χ0) is 17.0. The monoisotopic (exact) mass is 330 g/mol. The molecule has 1 aromatic carbocycles. The summed E-state index contributed by atoms with van der Waals surface area (Å²) in [6, 6.07) is 3.41. The van der Waals surface area contributed by atoms with E-state index in [2.05, 4.69) is 0 Å². The Morgan fingerprint density at radius 1 is 1.30 bits per heavy atom. The van der Waals surface area contributed by atoms with Gasteiger partial charge >= 0.3 is 6.18 Å². The topological polar surface area (TPSA) is 46.3 Å². The quantitative estimate of drug-likeness (QED) is 0.847. The van der Waals surface area contributed by atoms with Crippen LogP contribution in [0.3, 0.4) is 0 Å². The fourth-order valence-electron chi connectivity index (χ4n) is 3.49. The molecule has 1 aliphatic heterocycles. The van der Waals surface area contributed by atoms with Gasteiger partial charge in [0.25, 0.3) is 0 Å². The Kier molecular flexibility index (Phi) is 3.66. The molecular weight excluding hydrogens is 312 g/mol. The molecule has 2 atom stereocenters. The van der Waals surface area contributed by atoms with E-state index >= 15 is 0 Å². The summed E-state index contributed by atoms with van der Waals surface area (Å²) in [7, 11) is 0. The lowest BCUT2D eigenvalue weighted by atomic mass is 9.90. The summed E-state index contributed by atoms with van der Waals surface area (Å²) in [5.74, 6) is -2.47. The number of alkyl halides is 3. The van der Waals surface area contributed by atoms with Crippen LogP contribution < -0.4 is 5.73 Å². The van der Waals surface area contributed by atoms with E-state index in [4.69, 9.17) is 5.73 Å². The first-order valence-electron chi connectivity index (χ1n) is 7.54. The number of carbonyl (C=O) groups excluding carboxylic acids is 1. The van der Waals surface area contributed by atoms with Crippen molar-refractivity contribution >= 4 is 5.91 Å². The van der Waals surface area contributed by atoms with E-state index in [1.807, 2.05) is 0 Å². The van der Waals surface area contributed by atoms with Crippen LogP contribution >= 0.6 is 0 Å². The minimum atomic E-state index is -4.42. The summed E-state index contributed by atoms with van der Waals surface area (Å²) in [5.41, 5.74) is 5.65. The number of hydrogen-bond donors (Lipinski definition) is 1. The standard InChI is InChI=1S/C16H18F4N2O/c1-9-10(3-2-4-12(9)17)15(5-6-15)14(23)22-7-11(13(21)8-22)16(18,19)20/h2-4,11,13H,5-8,21H2,1H3/t11-,13-/m1/s1. The molecule has 1 saturated heterocycles. The first kappa shape index (κ1) is 16.2. The first-order chi connectivity index (χ1) is 10.7. The molecule has 1 heterocycles. The van der Waals surface area contributed by atoms with Crippen LogP contribution in [-0.4, -0.2) is 36.1 Å². The maximum atomic E-state index is 13.8. The highest BCUT2D eigenvalue weighted by atomic mass is 19.4. The lowest BCUT2D eigenvalue weighted by Crippen LogP contribution is -2.39. The van der Waals surface area contributed by atoms with Crippen molar-refractivity contribution in [2.24, 2.45) is 11.7 Å². The summed E-state index contributed by atoms with van der Waals surface area (Å²) < 4.78 is 52.6. The minimum Gasteiger partial charge on any atom is -0.340 e. The van der Waals surface area contributed by atoms with Crippen LogP contribution in [-0.2, 0) is 10.2 Å². The van der Waals surface area contributed by atoms with Crippen LogP contribution in [0.4, 0.5) is 17.6 Å². The molecule has 1 amide bonds. The molecule has 0 unspecified atom stereocenters. The van der Waals surface area contributed by atoms with Crippen LogP contribution in [0.2, 0.25) is 0 Å². The molecular formula is C16H18F4N2O. The SMILES string of the molecule is Cc1c(F)cccc1C1(C(=O)N2C[C@@H](N)[C@H](C(F)(F)F)C2)CC1. The van der Waals surface area contributed by atoms with Crippen molar-refractivity contribution in [3.8, 4) is 0 Å².